The molecular formula is C25H23F2N5O2. The second kappa shape index (κ2) is 10.3. The highest BCUT2D eigenvalue weighted by Crippen LogP contribution is 2.29. The smallest absolute Gasteiger partial charge is 0.252 e. The number of aromatic nitrogens is 3. The third kappa shape index (κ3) is 5.16. The van der Waals surface area contributed by atoms with E-state index in [0.29, 0.717) is 17.0 Å². The average Bonchev–Trinajstić information content (AvgIpc) is 3.33. The molecule has 1 amide bonds. The summed E-state index contributed by atoms with van der Waals surface area (Å²) < 4.78 is 28.2. The maximum absolute atomic E-state index is 14.9. The Morgan fingerprint density at radius 2 is 1.88 bits per heavy atom. The second-order valence-corrected chi connectivity index (χ2v) is 7.79. The van der Waals surface area contributed by atoms with Gasteiger partial charge in [-0.05, 0) is 54.6 Å². The van der Waals surface area contributed by atoms with Crippen LogP contribution < -0.4 is 11.1 Å². The van der Waals surface area contributed by atoms with E-state index in [2.05, 4.69) is 20.5 Å². The Labute approximate surface area is 194 Å². The monoisotopic (exact) mass is 463 g/mol. The summed E-state index contributed by atoms with van der Waals surface area (Å²) in [4.78, 5) is 17.5. The summed E-state index contributed by atoms with van der Waals surface area (Å²) >= 11 is 0. The van der Waals surface area contributed by atoms with Gasteiger partial charge in [-0.15, -0.1) is 0 Å². The number of carbonyl (C=O) groups is 1. The molecule has 174 valence electrons. The number of carbonyl (C=O) groups excluding carboxylic acids is 1. The first-order valence-corrected chi connectivity index (χ1v) is 10.6. The zero-order valence-corrected chi connectivity index (χ0v) is 18.1. The van der Waals surface area contributed by atoms with Crippen LogP contribution in [0.3, 0.4) is 0 Å². The van der Waals surface area contributed by atoms with Crippen molar-refractivity contribution in [2.75, 3.05) is 6.61 Å². The molecule has 2 aromatic carbocycles. The van der Waals surface area contributed by atoms with Gasteiger partial charge in [0.15, 0.2) is 0 Å². The molecule has 9 heteroatoms. The standard InChI is InChI=1S/C25H23F2N5O2/c26-16-9-7-15(8-10-16)21-13-23(32-31-21)24-18(5-3-6-19(24)27)25(34)30-22(20(28)14-33)12-17-4-1-2-11-29-17/h1-11,13,20,22,33H,12,14,28H2,(H,30,34)(H,31,32)/t20-,22+/m0/s1. The van der Waals surface area contributed by atoms with Crippen molar-refractivity contribution in [1.82, 2.24) is 20.5 Å². The summed E-state index contributed by atoms with van der Waals surface area (Å²) in [5.41, 5.74) is 8.23. The zero-order valence-electron chi connectivity index (χ0n) is 18.1. The van der Waals surface area contributed by atoms with E-state index in [0.717, 1.165) is 0 Å². The Balaban J connectivity index is 1.63. The fraction of sp³-hybridized carbons (Fsp3) is 0.160. The van der Waals surface area contributed by atoms with Gasteiger partial charge < -0.3 is 16.2 Å². The number of H-pyrrole nitrogens is 1. The van der Waals surface area contributed by atoms with E-state index >= 15 is 0 Å². The number of nitrogens with zero attached hydrogens (tertiary/aromatic N) is 2. The number of amides is 1. The van der Waals surface area contributed by atoms with Crippen LogP contribution in [0.2, 0.25) is 0 Å². The maximum atomic E-state index is 14.9. The minimum Gasteiger partial charge on any atom is -0.395 e. The molecule has 0 aliphatic heterocycles. The number of benzene rings is 2. The van der Waals surface area contributed by atoms with Crippen LogP contribution in [0.4, 0.5) is 8.78 Å². The number of aliphatic hydroxyl groups is 1. The third-order valence-corrected chi connectivity index (χ3v) is 5.44. The molecule has 2 aromatic heterocycles. The molecule has 0 spiro atoms. The number of aliphatic hydroxyl groups excluding tert-OH is 1. The molecular weight excluding hydrogens is 440 g/mol. The topological polar surface area (TPSA) is 117 Å². The predicted molar refractivity (Wildman–Crippen MR) is 124 cm³/mol. The van der Waals surface area contributed by atoms with Crippen molar-refractivity contribution in [3.63, 3.8) is 0 Å². The molecule has 4 aromatic rings. The molecule has 0 aliphatic rings. The predicted octanol–water partition coefficient (Wildman–Crippen LogP) is 3.08. The molecule has 0 saturated heterocycles. The minimum atomic E-state index is -0.750. The second-order valence-electron chi connectivity index (χ2n) is 7.79. The summed E-state index contributed by atoms with van der Waals surface area (Å²) in [5.74, 6) is -1.55. The Kier molecular flexibility index (Phi) is 7.05. The Bertz CT molecular complexity index is 1260. The van der Waals surface area contributed by atoms with Crippen LogP contribution in [0.5, 0.6) is 0 Å². The quantitative estimate of drug-likeness (QED) is 0.320. The number of hydrogen-bond acceptors (Lipinski definition) is 5. The Morgan fingerprint density at radius 3 is 2.59 bits per heavy atom. The lowest BCUT2D eigenvalue weighted by Crippen LogP contribution is -2.51. The SMILES string of the molecule is N[C@@H](CO)[C@@H](Cc1ccccn1)NC(=O)c1cccc(F)c1-c1cc(-c2ccc(F)cc2)n[nH]1. The number of aromatic amines is 1. The van der Waals surface area contributed by atoms with Crippen molar-refractivity contribution in [3.8, 4) is 22.5 Å². The van der Waals surface area contributed by atoms with Crippen molar-refractivity contribution < 1.29 is 18.7 Å². The van der Waals surface area contributed by atoms with Gasteiger partial charge in [-0.3, -0.25) is 14.9 Å². The van der Waals surface area contributed by atoms with Gasteiger partial charge in [0.05, 0.1) is 29.6 Å². The number of halogens is 2. The zero-order chi connectivity index (χ0) is 24.1. The van der Waals surface area contributed by atoms with Crippen LogP contribution in [0.25, 0.3) is 22.5 Å². The molecule has 0 unspecified atom stereocenters. The van der Waals surface area contributed by atoms with E-state index in [-0.39, 0.29) is 35.7 Å². The summed E-state index contributed by atoms with van der Waals surface area (Å²) in [7, 11) is 0. The lowest BCUT2D eigenvalue weighted by molar-refractivity contribution is 0.0923. The number of nitrogens with two attached hydrogens (primary N) is 1. The van der Waals surface area contributed by atoms with E-state index in [1.807, 2.05) is 6.07 Å². The van der Waals surface area contributed by atoms with Crippen molar-refractivity contribution in [2.45, 2.75) is 18.5 Å². The molecule has 0 saturated carbocycles. The van der Waals surface area contributed by atoms with Gasteiger partial charge >= 0.3 is 0 Å². The molecule has 4 rings (SSSR count). The van der Waals surface area contributed by atoms with Gasteiger partial charge in [0, 0.05) is 35.5 Å². The van der Waals surface area contributed by atoms with E-state index in [1.165, 1.54) is 30.3 Å². The first-order valence-electron chi connectivity index (χ1n) is 10.6. The van der Waals surface area contributed by atoms with Crippen molar-refractivity contribution >= 4 is 5.91 Å². The van der Waals surface area contributed by atoms with E-state index < -0.39 is 23.8 Å². The first-order chi connectivity index (χ1) is 16.5. The summed E-state index contributed by atoms with van der Waals surface area (Å²) in [5, 5.41) is 19.3. The highest BCUT2D eigenvalue weighted by atomic mass is 19.1. The molecule has 2 heterocycles. The molecule has 5 N–H and O–H groups in total. The molecule has 0 radical (unpaired) electrons. The normalized spacial score (nSPS) is 12.8. The van der Waals surface area contributed by atoms with Crippen molar-refractivity contribution in [2.24, 2.45) is 5.73 Å². The van der Waals surface area contributed by atoms with E-state index in [4.69, 9.17) is 5.73 Å². The van der Waals surface area contributed by atoms with Crippen molar-refractivity contribution in [1.29, 1.82) is 0 Å². The number of rotatable bonds is 8. The lowest BCUT2D eigenvalue weighted by Gasteiger charge is -2.24. The van der Waals surface area contributed by atoms with Crippen molar-refractivity contribution in [3.05, 3.63) is 95.8 Å². The largest absolute Gasteiger partial charge is 0.395 e. The number of pyridine rings is 1. The molecule has 7 nitrogen and oxygen atoms in total. The number of hydrogen-bond donors (Lipinski definition) is 4. The van der Waals surface area contributed by atoms with Crippen LogP contribution in [0, 0.1) is 11.6 Å². The Hall–Kier alpha value is -3.95. The minimum absolute atomic E-state index is 0.0371. The summed E-state index contributed by atoms with van der Waals surface area (Å²) in [6.07, 6.45) is 1.91. The van der Waals surface area contributed by atoms with Gasteiger partial charge in [0.1, 0.15) is 11.6 Å². The third-order valence-electron chi connectivity index (χ3n) is 5.44. The van der Waals surface area contributed by atoms with Crippen LogP contribution in [-0.2, 0) is 6.42 Å². The first kappa shape index (κ1) is 23.2. The molecule has 0 fully saturated rings. The molecule has 0 bridgehead atoms. The fourth-order valence-corrected chi connectivity index (χ4v) is 3.63. The van der Waals surface area contributed by atoms with Crippen LogP contribution in [0.1, 0.15) is 16.1 Å². The van der Waals surface area contributed by atoms with E-state index in [1.54, 1.807) is 36.5 Å². The fourth-order valence-electron chi connectivity index (χ4n) is 3.63. The van der Waals surface area contributed by atoms with Crippen LogP contribution in [0.15, 0.2) is 72.9 Å². The number of nitrogens with one attached hydrogen (secondary N) is 2. The summed E-state index contributed by atoms with van der Waals surface area (Å²) in [6.45, 7) is -0.352. The highest BCUT2D eigenvalue weighted by molar-refractivity contribution is 6.01. The van der Waals surface area contributed by atoms with Gasteiger partial charge in [-0.25, -0.2) is 8.78 Å². The maximum Gasteiger partial charge on any atom is 0.252 e. The van der Waals surface area contributed by atoms with Gasteiger partial charge in [-0.1, -0.05) is 12.1 Å². The van der Waals surface area contributed by atoms with Crippen LogP contribution in [-0.4, -0.2) is 44.9 Å². The van der Waals surface area contributed by atoms with E-state index in [9.17, 15) is 18.7 Å². The lowest BCUT2D eigenvalue weighted by atomic mass is 9.99. The average molecular weight is 463 g/mol. The molecule has 34 heavy (non-hydrogen) atoms. The highest BCUT2D eigenvalue weighted by Gasteiger charge is 2.24. The van der Waals surface area contributed by atoms with Gasteiger partial charge in [-0.2, -0.15) is 5.10 Å². The molecule has 0 aliphatic carbocycles. The summed E-state index contributed by atoms with van der Waals surface area (Å²) in [6, 6.07) is 15.5. The van der Waals surface area contributed by atoms with Gasteiger partial charge in [0.25, 0.3) is 5.91 Å². The van der Waals surface area contributed by atoms with Crippen LogP contribution >= 0.6 is 0 Å². The molecule has 2 atom stereocenters. The Morgan fingerprint density at radius 1 is 1.09 bits per heavy atom. The van der Waals surface area contributed by atoms with Gasteiger partial charge in [0.2, 0.25) is 0 Å².